The number of amides is 1. The topological polar surface area (TPSA) is 80.3 Å². The van der Waals surface area contributed by atoms with Crippen molar-refractivity contribution in [1.82, 2.24) is 10.3 Å². The smallest absolute Gasteiger partial charge is 0.250 e. The molecule has 0 aliphatic heterocycles. The zero-order chi connectivity index (χ0) is 21.1. The molecule has 0 aliphatic carbocycles. The van der Waals surface area contributed by atoms with E-state index in [0.29, 0.717) is 44.0 Å². The number of benzene rings is 2. The standard InChI is InChI=1S/C21H13Cl2N3O3S/c22-12-3-7-18-17(10-12)25-20(29-18)15-11-13(4-6-16(15)23)24-21(30)26-19(27)8-5-14-2-1-9-28-14/h1-11H,(H2,24,26,27,30)/b8-5+. The molecule has 0 saturated heterocycles. The second kappa shape index (κ2) is 8.71. The van der Waals surface area contributed by atoms with Crippen molar-refractivity contribution in [2.45, 2.75) is 0 Å². The van der Waals surface area contributed by atoms with Gasteiger partial charge in [-0.25, -0.2) is 4.98 Å². The van der Waals surface area contributed by atoms with Crippen molar-refractivity contribution in [3.05, 3.63) is 76.7 Å². The molecule has 0 aliphatic rings. The van der Waals surface area contributed by atoms with E-state index in [2.05, 4.69) is 15.6 Å². The Hall–Kier alpha value is -3.13. The van der Waals surface area contributed by atoms with Gasteiger partial charge in [0.1, 0.15) is 11.3 Å². The van der Waals surface area contributed by atoms with Gasteiger partial charge >= 0.3 is 0 Å². The van der Waals surface area contributed by atoms with Gasteiger partial charge < -0.3 is 14.2 Å². The fourth-order valence-electron chi connectivity index (χ4n) is 2.64. The highest BCUT2D eigenvalue weighted by Crippen LogP contribution is 2.32. The number of halogens is 2. The van der Waals surface area contributed by atoms with E-state index in [9.17, 15) is 4.79 Å². The van der Waals surface area contributed by atoms with Gasteiger partial charge in [-0.05, 0) is 66.8 Å². The first-order chi connectivity index (χ1) is 14.5. The lowest BCUT2D eigenvalue weighted by Crippen LogP contribution is -2.32. The van der Waals surface area contributed by atoms with Crippen LogP contribution in [0.25, 0.3) is 28.6 Å². The Morgan fingerprint density at radius 1 is 1.13 bits per heavy atom. The highest BCUT2D eigenvalue weighted by Gasteiger charge is 2.13. The SMILES string of the molecule is O=C(/C=C/c1ccco1)NC(=S)Nc1ccc(Cl)c(-c2nc3cc(Cl)ccc3o2)c1. The van der Waals surface area contributed by atoms with Crippen LogP contribution < -0.4 is 10.6 Å². The maximum absolute atomic E-state index is 12.0. The Balaban J connectivity index is 1.48. The molecule has 0 radical (unpaired) electrons. The summed E-state index contributed by atoms with van der Waals surface area (Å²) < 4.78 is 10.9. The summed E-state index contributed by atoms with van der Waals surface area (Å²) >= 11 is 17.5. The average Bonchev–Trinajstić information content (AvgIpc) is 3.37. The largest absolute Gasteiger partial charge is 0.465 e. The highest BCUT2D eigenvalue weighted by molar-refractivity contribution is 7.80. The van der Waals surface area contributed by atoms with E-state index in [0.717, 1.165) is 0 Å². The van der Waals surface area contributed by atoms with Gasteiger partial charge in [-0.2, -0.15) is 0 Å². The molecule has 2 aromatic carbocycles. The van der Waals surface area contributed by atoms with E-state index >= 15 is 0 Å². The third-order valence-corrected chi connectivity index (χ3v) is 4.75. The third kappa shape index (κ3) is 4.71. The Kier molecular flexibility index (Phi) is 5.85. The number of oxazole rings is 1. The number of fused-ring (bicyclic) bond motifs is 1. The number of carbonyl (C=O) groups is 1. The van der Waals surface area contributed by atoms with Crippen LogP contribution in [0.2, 0.25) is 10.0 Å². The van der Waals surface area contributed by atoms with Crippen molar-refractivity contribution in [2.75, 3.05) is 5.32 Å². The van der Waals surface area contributed by atoms with Crippen LogP contribution in [0.3, 0.4) is 0 Å². The Morgan fingerprint density at radius 2 is 2.00 bits per heavy atom. The lowest BCUT2D eigenvalue weighted by Gasteiger charge is -2.09. The summed E-state index contributed by atoms with van der Waals surface area (Å²) in [7, 11) is 0. The summed E-state index contributed by atoms with van der Waals surface area (Å²) in [6.07, 6.45) is 4.38. The average molecular weight is 458 g/mol. The van der Waals surface area contributed by atoms with Gasteiger partial charge in [-0.1, -0.05) is 23.2 Å². The number of hydrogen-bond donors (Lipinski definition) is 2. The van der Waals surface area contributed by atoms with Gasteiger partial charge in [0.2, 0.25) is 11.8 Å². The molecule has 6 nitrogen and oxygen atoms in total. The lowest BCUT2D eigenvalue weighted by atomic mass is 10.2. The van der Waals surface area contributed by atoms with Crippen molar-refractivity contribution in [1.29, 1.82) is 0 Å². The molecular weight excluding hydrogens is 445 g/mol. The maximum atomic E-state index is 12.0. The van der Waals surface area contributed by atoms with Gasteiger partial charge in [0.05, 0.1) is 16.8 Å². The number of thiocarbonyl (C=S) groups is 1. The minimum absolute atomic E-state index is 0.127. The Morgan fingerprint density at radius 3 is 2.80 bits per heavy atom. The van der Waals surface area contributed by atoms with E-state index in [1.807, 2.05) is 0 Å². The van der Waals surface area contributed by atoms with Crippen LogP contribution in [-0.4, -0.2) is 16.0 Å². The molecule has 2 heterocycles. The molecule has 0 fully saturated rings. The van der Waals surface area contributed by atoms with E-state index in [-0.39, 0.29) is 5.11 Å². The predicted molar refractivity (Wildman–Crippen MR) is 122 cm³/mol. The van der Waals surface area contributed by atoms with Crippen LogP contribution >= 0.6 is 35.4 Å². The zero-order valence-corrected chi connectivity index (χ0v) is 17.5. The second-order valence-corrected chi connectivity index (χ2v) is 7.37. The first-order valence-electron chi connectivity index (χ1n) is 8.67. The number of aromatic nitrogens is 1. The first-order valence-corrected chi connectivity index (χ1v) is 9.84. The predicted octanol–water partition coefficient (Wildman–Crippen LogP) is 5.92. The number of nitrogens with zero attached hydrogens (tertiary/aromatic N) is 1. The molecule has 4 aromatic rings. The minimum atomic E-state index is -0.395. The summed E-state index contributed by atoms with van der Waals surface area (Å²) in [4.78, 5) is 16.4. The summed E-state index contributed by atoms with van der Waals surface area (Å²) in [5.74, 6) is 0.511. The van der Waals surface area contributed by atoms with E-state index in [1.165, 1.54) is 18.4 Å². The van der Waals surface area contributed by atoms with E-state index in [1.54, 1.807) is 48.5 Å². The van der Waals surface area contributed by atoms with Gasteiger partial charge in [0.15, 0.2) is 10.7 Å². The van der Waals surface area contributed by atoms with E-state index < -0.39 is 5.91 Å². The summed E-state index contributed by atoms with van der Waals surface area (Å²) in [5.41, 5.74) is 2.39. The molecule has 9 heteroatoms. The van der Waals surface area contributed by atoms with Gasteiger partial charge in [0, 0.05) is 16.8 Å². The molecule has 4 rings (SSSR count). The number of anilines is 1. The van der Waals surface area contributed by atoms with Crippen molar-refractivity contribution < 1.29 is 13.6 Å². The van der Waals surface area contributed by atoms with Crippen LogP contribution in [0.4, 0.5) is 5.69 Å². The van der Waals surface area contributed by atoms with Gasteiger partial charge in [-0.15, -0.1) is 0 Å². The second-order valence-electron chi connectivity index (χ2n) is 6.12. The highest BCUT2D eigenvalue weighted by atomic mass is 35.5. The molecule has 2 aromatic heterocycles. The zero-order valence-electron chi connectivity index (χ0n) is 15.2. The maximum Gasteiger partial charge on any atom is 0.250 e. The number of nitrogens with one attached hydrogen (secondary N) is 2. The van der Waals surface area contributed by atoms with Gasteiger partial charge in [0.25, 0.3) is 0 Å². The first kappa shape index (κ1) is 20.2. The molecular formula is C21H13Cl2N3O3S. The number of rotatable bonds is 4. The molecule has 0 unspecified atom stereocenters. The molecule has 0 atom stereocenters. The van der Waals surface area contributed by atoms with Crippen LogP contribution in [0.5, 0.6) is 0 Å². The number of carbonyl (C=O) groups excluding carboxylic acids is 1. The Bertz CT molecular complexity index is 1270. The quantitative estimate of drug-likeness (QED) is 0.292. The number of furan rings is 1. The molecule has 0 saturated carbocycles. The van der Waals surface area contributed by atoms with Crippen molar-refractivity contribution in [2.24, 2.45) is 0 Å². The minimum Gasteiger partial charge on any atom is -0.465 e. The molecule has 2 N–H and O–H groups in total. The fourth-order valence-corrected chi connectivity index (χ4v) is 3.23. The van der Waals surface area contributed by atoms with Crippen molar-refractivity contribution >= 4 is 69.3 Å². The Labute approximate surface area is 186 Å². The normalized spacial score (nSPS) is 11.1. The van der Waals surface area contributed by atoms with Gasteiger partial charge in [-0.3, -0.25) is 10.1 Å². The third-order valence-electron chi connectivity index (χ3n) is 3.98. The van der Waals surface area contributed by atoms with Crippen LogP contribution in [0.1, 0.15) is 5.76 Å². The molecule has 30 heavy (non-hydrogen) atoms. The van der Waals surface area contributed by atoms with Crippen LogP contribution in [-0.2, 0) is 4.79 Å². The summed E-state index contributed by atoms with van der Waals surface area (Å²) in [6.45, 7) is 0. The lowest BCUT2D eigenvalue weighted by molar-refractivity contribution is -0.115. The monoisotopic (exact) mass is 457 g/mol. The molecule has 1 amide bonds. The van der Waals surface area contributed by atoms with Crippen LogP contribution in [0, 0.1) is 0 Å². The summed E-state index contributed by atoms with van der Waals surface area (Å²) in [5, 5.41) is 6.64. The van der Waals surface area contributed by atoms with Crippen molar-refractivity contribution in [3.8, 4) is 11.5 Å². The number of hydrogen-bond acceptors (Lipinski definition) is 5. The molecule has 0 spiro atoms. The summed E-state index contributed by atoms with van der Waals surface area (Å²) in [6, 6.07) is 13.8. The van der Waals surface area contributed by atoms with E-state index in [4.69, 9.17) is 44.3 Å². The van der Waals surface area contributed by atoms with Crippen LogP contribution in [0.15, 0.2) is 69.7 Å². The molecule has 150 valence electrons. The van der Waals surface area contributed by atoms with Crippen molar-refractivity contribution in [3.63, 3.8) is 0 Å². The molecule has 0 bridgehead atoms. The fraction of sp³-hybridized carbons (Fsp3) is 0.